The van der Waals surface area contributed by atoms with Crippen LogP contribution in [0.15, 0.2) is 12.1 Å². The van der Waals surface area contributed by atoms with Gasteiger partial charge in [-0.3, -0.25) is 0 Å². The fourth-order valence-electron chi connectivity index (χ4n) is 3.03. The van der Waals surface area contributed by atoms with E-state index in [1.165, 1.54) is 0 Å². The Hall–Kier alpha value is -1.00. The number of halogens is 2. The Morgan fingerprint density at radius 3 is 2.21 bits per heavy atom. The van der Waals surface area contributed by atoms with Crippen molar-refractivity contribution in [1.29, 1.82) is 0 Å². The minimum atomic E-state index is -0.746. The quantitative estimate of drug-likeness (QED) is 0.853. The smallest absolute Gasteiger partial charge is 0.165 e. The highest BCUT2D eigenvalue weighted by Crippen LogP contribution is 2.39. The van der Waals surface area contributed by atoms with Crippen LogP contribution in [0.2, 0.25) is 0 Å². The fraction of sp³-hybridized carbons (Fsp3) is 0.600. The maximum atomic E-state index is 14.1. The van der Waals surface area contributed by atoms with Crippen LogP contribution in [0.3, 0.4) is 0 Å². The molecule has 1 aliphatic heterocycles. The van der Waals surface area contributed by atoms with Crippen LogP contribution in [0.25, 0.3) is 0 Å². The first-order chi connectivity index (χ1) is 9.20. The lowest BCUT2D eigenvalue weighted by molar-refractivity contribution is 0.181. The molecule has 1 saturated heterocycles. The standard InChI is InChI=1S/C15H18F2O2/c16-14-11(10-3-1-9(7-18)2-4-10)5-6-12(15(14)17)13-8-19-13/h5-6,9-10,13,18H,1-4,7-8H2. The molecule has 0 spiro atoms. The molecule has 1 aromatic rings. The highest BCUT2D eigenvalue weighted by Gasteiger charge is 2.32. The van der Waals surface area contributed by atoms with E-state index in [4.69, 9.17) is 9.84 Å². The molecule has 0 aromatic heterocycles. The molecule has 1 atom stereocenters. The van der Waals surface area contributed by atoms with Crippen molar-refractivity contribution < 1.29 is 18.6 Å². The Balaban J connectivity index is 1.79. The van der Waals surface area contributed by atoms with E-state index < -0.39 is 11.6 Å². The van der Waals surface area contributed by atoms with E-state index in [-0.39, 0.29) is 18.6 Å². The van der Waals surface area contributed by atoms with Gasteiger partial charge in [-0.05, 0) is 43.1 Å². The van der Waals surface area contributed by atoms with Crippen LogP contribution in [0.4, 0.5) is 8.78 Å². The van der Waals surface area contributed by atoms with E-state index in [0.29, 0.717) is 23.7 Å². The van der Waals surface area contributed by atoms with Crippen LogP contribution in [0, 0.1) is 17.6 Å². The van der Waals surface area contributed by atoms with Crippen LogP contribution in [-0.4, -0.2) is 18.3 Å². The molecule has 2 aliphatic rings. The number of rotatable bonds is 3. The molecule has 1 heterocycles. The van der Waals surface area contributed by atoms with E-state index >= 15 is 0 Å². The average Bonchev–Trinajstić information content (AvgIpc) is 3.26. The second-order valence-electron chi connectivity index (χ2n) is 5.59. The van der Waals surface area contributed by atoms with Gasteiger partial charge < -0.3 is 9.84 Å². The fourth-order valence-corrected chi connectivity index (χ4v) is 3.03. The zero-order chi connectivity index (χ0) is 13.4. The third-order valence-electron chi connectivity index (χ3n) is 4.37. The first kappa shape index (κ1) is 13.0. The van der Waals surface area contributed by atoms with Gasteiger partial charge in [-0.1, -0.05) is 12.1 Å². The molecule has 4 heteroatoms. The molecule has 2 fully saturated rings. The average molecular weight is 268 g/mol. The summed E-state index contributed by atoms with van der Waals surface area (Å²) in [5, 5.41) is 9.10. The summed E-state index contributed by atoms with van der Waals surface area (Å²) in [6, 6.07) is 3.36. The van der Waals surface area contributed by atoms with E-state index in [1.54, 1.807) is 12.1 Å². The van der Waals surface area contributed by atoms with Gasteiger partial charge in [0.05, 0.1) is 6.61 Å². The number of hydrogen-bond donors (Lipinski definition) is 1. The van der Waals surface area contributed by atoms with Gasteiger partial charge in [0.15, 0.2) is 11.6 Å². The molecule has 2 nitrogen and oxygen atoms in total. The maximum Gasteiger partial charge on any atom is 0.165 e. The lowest BCUT2D eigenvalue weighted by Gasteiger charge is -2.28. The number of epoxide rings is 1. The predicted molar refractivity (Wildman–Crippen MR) is 66.8 cm³/mol. The van der Waals surface area contributed by atoms with Crippen molar-refractivity contribution in [2.75, 3.05) is 13.2 Å². The Labute approximate surface area is 111 Å². The van der Waals surface area contributed by atoms with Crippen LogP contribution >= 0.6 is 0 Å². The van der Waals surface area contributed by atoms with E-state index in [2.05, 4.69) is 0 Å². The summed E-state index contributed by atoms with van der Waals surface area (Å²) < 4.78 is 33.1. The number of benzene rings is 1. The number of aliphatic hydroxyl groups is 1. The molecule has 1 aromatic carbocycles. The van der Waals surface area contributed by atoms with Crippen molar-refractivity contribution in [3.8, 4) is 0 Å². The van der Waals surface area contributed by atoms with Crippen molar-refractivity contribution in [3.05, 3.63) is 34.9 Å². The molecule has 0 bridgehead atoms. The van der Waals surface area contributed by atoms with Gasteiger partial charge >= 0.3 is 0 Å². The molecule has 3 rings (SSSR count). The van der Waals surface area contributed by atoms with Crippen molar-refractivity contribution in [3.63, 3.8) is 0 Å². The maximum absolute atomic E-state index is 14.1. The monoisotopic (exact) mass is 268 g/mol. The largest absolute Gasteiger partial charge is 0.396 e. The third-order valence-corrected chi connectivity index (χ3v) is 4.37. The zero-order valence-corrected chi connectivity index (χ0v) is 10.7. The first-order valence-corrected chi connectivity index (χ1v) is 6.91. The Kier molecular flexibility index (Phi) is 3.54. The van der Waals surface area contributed by atoms with E-state index in [9.17, 15) is 8.78 Å². The highest BCUT2D eigenvalue weighted by molar-refractivity contribution is 5.32. The summed E-state index contributed by atoms with van der Waals surface area (Å²) in [6.07, 6.45) is 3.15. The summed E-state index contributed by atoms with van der Waals surface area (Å²) in [7, 11) is 0. The summed E-state index contributed by atoms with van der Waals surface area (Å²) in [5.41, 5.74) is 0.823. The zero-order valence-electron chi connectivity index (χ0n) is 10.7. The Bertz CT molecular complexity index is 463. The molecule has 19 heavy (non-hydrogen) atoms. The van der Waals surface area contributed by atoms with Crippen LogP contribution < -0.4 is 0 Å². The molecule has 0 radical (unpaired) electrons. The molecule has 1 unspecified atom stereocenters. The lowest BCUT2D eigenvalue weighted by Crippen LogP contribution is -2.17. The van der Waals surface area contributed by atoms with Gasteiger partial charge in [-0.15, -0.1) is 0 Å². The molecular formula is C15H18F2O2. The highest BCUT2D eigenvalue weighted by atomic mass is 19.2. The van der Waals surface area contributed by atoms with Crippen molar-refractivity contribution in [2.24, 2.45) is 5.92 Å². The number of aliphatic hydroxyl groups excluding tert-OH is 1. The number of ether oxygens (including phenoxy) is 1. The molecule has 1 saturated carbocycles. The van der Waals surface area contributed by atoms with Crippen molar-refractivity contribution in [1.82, 2.24) is 0 Å². The first-order valence-electron chi connectivity index (χ1n) is 6.91. The Morgan fingerprint density at radius 2 is 1.63 bits per heavy atom. The van der Waals surface area contributed by atoms with Gasteiger partial charge in [-0.2, -0.15) is 0 Å². The molecule has 1 aliphatic carbocycles. The summed E-state index contributed by atoms with van der Waals surface area (Å²) in [4.78, 5) is 0. The predicted octanol–water partition coefficient (Wildman–Crippen LogP) is 3.30. The molecule has 0 amide bonds. The van der Waals surface area contributed by atoms with Gasteiger partial charge in [0.1, 0.15) is 6.10 Å². The molecule has 1 N–H and O–H groups in total. The molecule has 104 valence electrons. The lowest BCUT2D eigenvalue weighted by atomic mass is 9.78. The summed E-state index contributed by atoms with van der Waals surface area (Å²) in [5.74, 6) is -1.06. The SMILES string of the molecule is OCC1CCC(c2ccc(C3CO3)c(F)c2F)CC1. The van der Waals surface area contributed by atoms with Crippen LogP contribution in [0.1, 0.15) is 48.8 Å². The normalized spacial score (nSPS) is 30.4. The molecular weight excluding hydrogens is 250 g/mol. The van der Waals surface area contributed by atoms with Crippen molar-refractivity contribution in [2.45, 2.75) is 37.7 Å². The second kappa shape index (κ2) is 5.17. The van der Waals surface area contributed by atoms with E-state index in [1.807, 2.05) is 0 Å². The van der Waals surface area contributed by atoms with Gasteiger partial charge in [0.25, 0.3) is 0 Å². The van der Waals surface area contributed by atoms with Gasteiger partial charge in [0, 0.05) is 12.2 Å². The minimum absolute atomic E-state index is 0.0754. The third kappa shape index (κ3) is 2.51. The van der Waals surface area contributed by atoms with E-state index in [0.717, 1.165) is 25.7 Å². The van der Waals surface area contributed by atoms with Gasteiger partial charge in [-0.25, -0.2) is 8.78 Å². The van der Waals surface area contributed by atoms with Crippen LogP contribution in [-0.2, 0) is 4.74 Å². The topological polar surface area (TPSA) is 32.8 Å². The summed E-state index contributed by atoms with van der Waals surface area (Å²) >= 11 is 0. The summed E-state index contributed by atoms with van der Waals surface area (Å²) in [6.45, 7) is 0.679. The minimum Gasteiger partial charge on any atom is -0.396 e. The van der Waals surface area contributed by atoms with Gasteiger partial charge in [0.2, 0.25) is 0 Å². The van der Waals surface area contributed by atoms with Crippen molar-refractivity contribution >= 4 is 0 Å². The second-order valence-corrected chi connectivity index (χ2v) is 5.59. The van der Waals surface area contributed by atoms with Crippen LogP contribution in [0.5, 0.6) is 0 Å². The number of hydrogen-bond acceptors (Lipinski definition) is 2. The Morgan fingerprint density at radius 1 is 1.05 bits per heavy atom.